The topological polar surface area (TPSA) is 4.93 Å². The minimum Gasteiger partial charge on any atom is -0.309 e. The molecule has 37 heavy (non-hydrogen) atoms. The highest BCUT2D eigenvalue weighted by atomic mass is 15.0. The molecule has 0 spiro atoms. The largest absolute Gasteiger partial charge is 0.309 e. The monoisotopic (exact) mass is 475 g/mol. The first-order valence-corrected chi connectivity index (χ1v) is 12.9. The molecular weight excluding hydrogens is 446 g/mol. The molecular formula is C36H29N. The molecule has 0 atom stereocenters. The molecule has 0 fully saturated rings. The Kier molecular flexibility index (Phi) is 6.04. The van der Waals surface area contributed by atoms with Crippen molar-refractivity contribution in [1.82, 2.24) is 4.57 Å². The second kappa shape index (κ2) is 9.79. The fourth-order valence-electron chi connectivity index (χ4n) is 5.30. The van der Waals surface area contributed by atoms with Crippen LogP contribution in [0.4, 0.5) is 0 Å². The van der Waals surface area contributed by atoms with E-state index in [-0.39, 0.29) is 0 Å². The van der Waals surface area contributed by atoms with E-state index in [9.17, 15) is 0 Å². The van der Waals surface area contributed by atoms with E-state index in [1.807, 2.05) is 0 Å². The fraction of sp³-hybridized carbons (Fsp3) is 0.0556. The van der Waals surface area contributed by atoms with Crippen LogP contribution in [0.5, 0.6) is 0 Å². The minimum absolute atomic E-state index is 1.17. The number of para-hydroxylation sites is 2. The zero-order chi connectivity index (χ0) is 25.2. The van der Waals surface area contributed by atoms with Gasteiger partial charge in [-0.2, -0.15) is 0 Å². The molecule has 0 saturated heterocycles. The van der Waals surface area contributed by atoms with Crippen LogP contribution in [0.3, 0.4) is 0 Å². The lowest BCUT2D eigenvalue weighted by Crippen LogP contribution is -1.94. The molecule has 0 aliphatic heterocycles. The van der Waals surface area contributed by atoms with E-state index in [0.717, 1.165) is 0 Å². The number of hydrogen-bond donors (Lipinski definition) is 0. The SMILES string of the molecule is C/C=C\C(=C/C)c1cc(-c2ccccc2)cc(-c2ccc(-n3c4ccccc4c4ccccc43)cc2)c1. The van der Waals surface area contributed by atoms with Crippen molar-refractivity contribution in [3.8, 4) is 27.9 Å². The molecule has 0 radical (unpaired) electrons. The molecule has 6 rings (SSSR count). The molecule has 0 saturated carbocycles. The van der Waals surface area contributed by atoms with Crippen molar-refractivity contribution < 1.29 is 0 Å². The quantitative estimate of drug-likeness (QED) is 0.219. The maximum Gasteiger partial charge on any atom is 0.0541 e. The van der Waals surface area contributed by atoms with Crippen molar-refractivity contribution in [2.24, 2.45) is 0 Å². The molecule has 0 amide bonds. The van der Waals surface area contributed by atoms with Gasteiger partial charge in [-0.05, 0) is 89.7 Å². The van der Waals surface area contributed by atoms with Crippen molar-refractivity contribution in [1.29, 1.82) is 0 Å². The lowest BCUT2D eigenvalue weighted by molar-refractivity contribution is 1.18. The number of benzene rings is 5. The molecule has 0 N–H and O–H groups in total. The third-order valence-corrected chi connectivity index (χ3v) is 7.07. The van der Waals surface area contributed by atoms with Gasteiger partial charge >= 0.3 is 0 Å². The first-order chi connectivity index (χ1) is 18.3. The maximum absolute atomic E-state index is 2.37. The summed E-state index contributed by atoms with van der Waals surface area (Å²) in [6, 6.07) is 43.8. The second-order valence-corrected chi connectivity index (χ2v) is 9.33. The van der Waals surface area contributed by atoms with Crippen LogP contribution in [-0.2, 0) is 0 Å². The summed E-state index contributed by atoms with van der Waals surface area (Å²) >= 11 is 0. The standard InChI is InChI=1S/C36H29N/c1-3-12-26(4-2)29-23-30(27-13-6-5-7-14-27)25-31(24-29)28-19-21-32(22-20-28)37-35-17-10-8-15-33(35)34-16-9-11-18-36(34)37/h3-25H,1-2H3/b12-3-,26-4+. The summed E-state index contributed by atoms with van der Waals surface area (Å²) in [5.41, 5.74) is 11.0. The van der Waals surface area contributed by atoms with E-state index in [4.69, 9.17) is 0 Å². The molecule has 1 nitrogen and oxygen atoms in total. The number of fused-ring (bicyclic) bond motifs is 3. The molecule has 6 aromatic rings. The smallest absolute Gasteiger partial charge is 0.0541 e. The van der Waals surface area contributed by atoms with E-state index < -0.39 is 0 Å². The van der Waals surface area contributed by atoms with Crippen molar-refractivity contribution in [2.45, 2.75) is 13.8 Å². The Bertz CT molecular complexity index is 1710. The van der Waals surface area contributed by atoms with Crippen LogP contribution in [0.2, 0.25) is 0 Å². The van der Waals surface area contributed by atoms with Gasteiger partial charge in [0, 0.05) is 16.5 Å². The lowest BCUT2D eigenvalue weighted by atomic mass is 9.93. The van der Waals surface area contributed by atoms with E-state index in [2.05, 4.69) is 158 Å². The summed E-state index contributed by atoms with van der Waals surface area (Å²) in [6.07, 6.45) is 6.46. The van der Waals surface area contributed by atoms with Crippen molar-refractivity contribution in [3.05, 3.63) is 145 Å². The highest BCUT2D eigenvalue weighted by Crippen LogP contribution is 2.34. The molecule has 1 heteroatoms. The van der Waals surface area contributed by atoms with E-state index in [0.29, 0.717) is 0 Å². The maximum atomic E-state index is 2.37. The third-order valence-electron chi connectivity index (χ3n) is 7.07. The van der Waals surface area contributed by atoms with Crippen LogP contribution >= 0.6 is 0 Å². The highest BCUT2D eigenvalue weighted by molar-refractivity contribution is 6.09. The molecule has 178 valence electrons. The zero-order valence-electron chi connectivity index (χ0n) is 21.2. The molecule has 0 bridgehead atoms. The Morgan fingerprint density at radius 3 is 1.65 bits per heavy atom. The van der Waals surface area contributed by atoms with Crippen LogP contribution in [0.1, 0.15) is 19.4 Å². The Labute approximate surface area is 218 Å². The second-order valence-electron chi connectivity index (χ2n) is 9.33. The summed E-state index contributed by atoms with van der Waals surface area (Å²) in [5.74, 6) is 0. The Hall–Kier alpha value is -4.62. The van der Waals surface area contributed by atoms with Gasteiger partial charge < -0.3 is 4.57 Å². The van der Waals surface area contributed by atoms with Gasteiger partial charge in [-0.3, -0.25) is 0 Å². The Balaban J connectivity index is 1.49. The number of aromatic nitrogens is 1. The van der Waals surface area contributed by atoms with E-state index >= 15 is 0 Å². The Morgan fingerprint density at radius 1 is 0.541 bits per heavy atom. The zero-order valence-corrected chi connectivity index (χ0v) is 21.2. The van der Waals surface area contributed by atoms with E-state index in [1.54, 1.807) is 0 Å². The van der Waals surface area contributed by atoms with Gasteiger partial charge in [-0.25, -0.2) is 0 Å². The fourth-order valence-corrected chi connectivity index (χ4v) is 5.30. The van der Waals surface area contributed by atoms with E-state index in [1.165, 1.54) is 60.9 Å². The van der Waals surface area contributed by atoms with Gasteiger partial charge in [0.25, 0.3) is 0 Å². The van der Waals surface area contributed by atoms with Gasteiger partial charge in [-0.15, -0.1) is 0 Å². The summed E-state index contributed by atoms with van der Waals surface area (Å²) in [6.45, 7) is 4.17. The first kappa shape index (κ1) is 22.8. The number of hydrogen-bond acceptors (Lipinski definition) is 0. The molecule has 0 aliphatic rings. The first-order valence-electron chi connectivity index (χ1n) is 12.9. The predicted octanol–water partition coefficient (Wildman–Crippen LogP) is 10.1. The lowest BCUT2D eigenvalue weighted by Gasteiger charge is -2.13. The van der Waals surface area contributed by atoms with Crippen LogP contribution in [0.25, 0.3) is 55.3 Å². The number of allylic oxidation sites excluding steroid dienone is 4. The van der Waals surface area contributed by atoms with Gasteiger partial charge in [0.05, 0.1) is 11.0 Å². The number of rotatable bonds is 5. The van der Waals surface area contributed by atoms with Crippen LogP contribution in [0, 0.1) is 0 Å². The molecule has 0 unspecified atom stereocenters. The van der Waals surface area contributed by atoms with Crippen LogP contribution < -0.4 is 0 Å². The highest BCUT2D eigenvalue weighted by Gasteiger charge is 2.12. The predicted molar refractivity (Wildman–Crippen MR) is 160 cm³/mol. The van der Waals surface area contributed by atoms with Gasteiger partial charge in [-0.1, -0.05) is 97.1 Å². The molecule has 1 heterocycles. The minimum atomic E-state index is 1.17. The van der Waals surface area contributed by atoms with Crippen molar-refractivity contribution in [2.75, 3.05) is 0 Å². The van der Waals surface area contributed by atoms with Gasteiger partial charge in [0.2, 0.25) is 0 Å². The summed E-state index contributed by atoms with van der Waals surface area (Å²) in [5, 5.41) is 2.57. The normalized spacial score (nSPS) is 12.1. The summed E-state index contributed by atoms with van der Waals surface area (Å²) in [7, 11) is 0. The average molecular weight is 476 g/mol. The van der Waals surface area contributed by atoms with Gasteiger partial charge in [0.15, 0.2) is 0 Å². The average Bonchev–Trinajstić information content (AvgIpc) is 3.31. The van der Waals surface area contributed by atoms with Crippen molar-refractivity contribution in [3.63, 3.8) is 0 Å². The van der Waals surface area contributed by atoms with Crippen LogP contribution in [0.15, 0.2) is 140 Å². The summed E-state index contributed by atoms with van der Waals surface area (Å²) < 4.78 is 2.37. The molecule has 0 aliphatic carbocycles. The third kappa shape index (κ3) is 4.19. The summed E-state index contributed by atoms with van der Waals surface area (Å²) in [4.78, 5) is 0. The van der Waals surface area contributed by atoms with Crippen molar-refractivity contribution >= 4 is 27.4 Å². The molecule has 1 aromatic heterocycles. The molecule has 5 aromatic carbocycles. The Morgan fingerprint density at radius 2 is 1.08 bits per heavy atom. The number of nitrogens with zero attached hydrogens (tertiary/aromatic N) is 1. The van der Waals surface area contributed by atoms with Crippen LogP contribution in [-0.4, -0.2) is 4.57 Å². The van der Waals surface area contributed by atoms with Gasteiger partial charge in [0.1, 0.15) is 0 Å².